The van der Waals surface area contributed by atoms with Crippen molar-refractivity contribution >= 4 is 15.9 Å². The highest BCUT2D eigenvalue weighted by Crippen LogP contribution is 2.21. The van der Waals surface area contributed by atoms with Crippen molar-refractivity contribution in [1.82, 2.24) is 0 Å². The Morgan fingerprint density at radius 1 is 1.00 bits per heavy atom. The van der Waals surface area contributed by atoms with E-state index in [9.17, 15) is 8.78 Å². The average molecular weight is 333 g/mol. The van der Waals surface area contributed by atoms with E-state index in [-0.39, 0.29) is 10.4 Å². The number of alkyl halides is 1. The van der Waals surface area contributed by atoms with Crippen molar-refractivity contribution in [3.8, 4) is 0 Å². The van der Waals surface area contributed by atoms with Gasteiger partial charge in [0.15, 0.2) is 0 Å². The van der Waals surface area contributed by atoms with E-state index in [1.807, 2.05) is 0 Å². The largest absolute Gasteiger partial charge is 0.207 e. The van der Waals surface area contributed by atoms with Crippen molar-refractivity contribution in [3.63, 3.8) is 0 Å². The molecule has 0 radical (unpaired) electrons. The van der Waals surface area contributed by atoms with Crippen LogP contribution in [0, 0.1) is 11.6 Å². The van der Waals surface area contributed by atoms with Crippen LogP contribution in [0.5, 0.6) is 0 Å². The molecule has 0 aliphatic heterocycles. The Hall–Kier alpha value is -0.440. The Labute approximate surface area is 123 Å². The van der Waals surface area contributed by atoms with Crippen LogP contribution in [-0.4, -0.2) is 4.83 Å². The minimum Gasteiger partial charge on any atom is -0.207 e. The maximum absolute atomic E-state index is 13.5. The van der Waals surface area contributed by atoms with Crippen molar-refractivity contribution in [3.05, 3.63) is 35.4 Å². The van der Waals surface area contributed by atoms with Crippen molar-refractivity contribution in [2.45, 2.75) is 63.1 Å². The SMILES string of the molecule is CCCCCCCCC(Br)Cc1c(F)cccc1F. The van der Waals surface area contributed by atoms with E-state index in [0.717, 1.165) is 12.8 Å². The van der Waals surface area contributed by atoms with Crippen molar-refractivity contribution in [2.75, 3.05) is 0 Å². The van der Waals surface area contributed by atoms with Crippen LogP contribution in [0.2, 0.25) is 0 Å². The van der Waals surface area contributed by atoms with Crippen molar-refractivity contribution in [1.29, 1.82) is 0 Å². The van der Waals surface area contributed by atoms with Gasteiger partial charge in [-0.15, -0.1) is 0 Å². The molecule has 1 atom stereocenters. The van der Waals surface area contributed by atoms with Gasteiger partial charge in [-0.05, 0) is 25.0 Å². The van der Waals surface area contributed by atoms with Crippen LogP contribution in [0.3, 0.4) is 0 Å². The first kappa shape index (κ1) is 16.6. The molecule has 108 valence electrons. The highest BCUT2D eigenvalue weighted by molar-refractivity contribution is 9.09. The molecule has 0 saturated heterocycles. The first-order valence-corrected chi connectivity index (χ1v) is 8.13. The van der Waals surface area contributed by atoms with Gasteiger partial charge in [0.05, 0.1) is 0 Å². The molecule has 0 aromatic heterocycles. The topological polar surface area (TPSA) is 0 Å². The van der Waals surface area contributed by atoms with Gasteiger partial charge in [0, 0.05) is 10.4 Å². The van der Waals surface area contributed by atoms with Crippen LogP contribution in [0.25, 0.3) is 0 Å². The van der Waals surface area contributed by atoms with E-state index in [4.69, 9.17) is 0 Å². The van der Waals surface area contributed by atoms with Gasteiger partial charge in [-0.1, -0.05) is 67.4 Å². The van der Waals surface area contributed by atoms with E-state index < -0.39 is 11.6 Å². The Morgan fingerprint density at radius 2 is 1.58 bits per heavy atom. The van der Waals surface area contributed by atoms with Crippen LogP contribution in [0.1, 0.15) is 57.4 Å². The Balaban J connectivity index is 2.25. The minimum absolute atomic E-state index is 0.157. The molecule has 0 aliphatic carbocycles. The summed E-state index contributed by atoms with van der Waals surface area (Å²) < 4.78 is 27.0. The number of unbranched alkanes of at least 4 members (excludes halogenated alkanes) is 5. The van der Waals surface area contributed by atoms with Gasteiger partial charge in [0.25, 0.3) is 0 Å². The number of halogens is 3. The van der Waals surface area contributed by atoms with Crippen molar-refractivity contribution in [2.24, 2.45) is 0 Å². The third-order valence-electron chi connectivity index (χ3n) is 3.36. The molecule has 0 spiro atoms. The predicted octanol–water partition coefficient (Wildman–Crippen LogP) is 6.02. The fourth-order valence-corrected chi connectivity index (χ4v) is 2.84. The first-order valence-electron chi connectivity index (χ1n) is 7.22. The van der Waals surface area contributed by atoms with Gasteiger partial charge in [0.1, 0.15) is 11.6 Å². The normalized spacial score (nSPS) is 12.6. The van der Waals surface area contributed by atoms with Crippen LogP contribution in [0.4, 0.5) is 8.78 Å². The van der Waals surface area contributed by atoms with E-state index in [2.05, 4.69) is 22.9 Å². The maximum atomic E-state index is 13.5. The lowest BCUT2D eigenvalue weighted by atomic mass is 10.0. The zero-order chi connectivity index (χ0) is 14.1. The smallest absolute Gasteiger partial charge is 0.129 e. The molecule has 0 bridgehead atoms. The second-order valence-corrected chi connectivity index (χ2v) is 6.35. The van der Waals surface area contributed by atoms with Gasteiger partial charge < -0.3 is 0 Å². The maximum Gasteiger partial charge on any atom is 0.129 e. The summed E-state index contributed by atoms with van der Waals surface area (Å²) in [6.45, 7) is 2.21. The van der Waals surface area contributed by atoms with Crippen molar-refractivity contribution < 1.29 is 8.78 Å². The molecule has 0 saturated carbocycles. The molecule has 19 heavy (non-hydrogen) atoms. The quantitative estimate of drug-likeness (QED) is 0.383. The van der Waals surface area contributed by atoms with Crippen LogP contribution in [0.15, 0.2) is 18.2 Å². The first-order chi connectivity index (χ1) is 9.15. The molecule has 1 aromatic carbocycles. The monoisotopic (exact) mass is 332 g/mol. The molecule has 0 nitrogen and oxygen atoms in total. The molecule has 0 aliphatic rings. The second kappa shape index (κ2) is 9.46. The number of hydrogen-bond acceptors (Lipinski definition) is 0. The van der Waals surface area contributed by atoms with E-state index >= 15 is 0 Å². The summed E-state index contributed by atoms with van der Waals surface area (Å²) in [7, 11) is 0. The predicted molar refractivity (Wildman–Crippen MR) is 80.8 cm³/mol. The average Bonchev–Trinajstić information content (AvgIpc) is 2.38. The van der Waals surface area contributed by atoms with Gasteiger partial charge in [0.2, 0.25) is 0 Å². The molecule has 1 rings (SSSR count). The summed E-state index contributed by atoms with van der Waals surface area (Å²) in [6, 6.07) is 4.05. The zero-order valence-corrected chi connectivity index (χ0v) is 13.2. The molecular weight excluding hydrogens is 310 g/mol. The molecule has 1 aromatic rings. The van der Waals surface area contributed by atoms with Crippen LogP contribution in [-0.2, 0) is 6.42 Å². The van der Waals surface area contributed by atoms with Crippen LogP contribution >= 0.6 is 15.9 Å². The Morgan fingerprint density at radius 3 is 2.21 bits per heavy atom. The molecule has 0 amide bonds. The van der Waals surface area contributed by atoms with Gasteiger partial charge in [-0.25, -0.2) is 8.78 Å². The highest BCUT2D eigenvalue weighted by atomic mass is 79.9. The van der Waals surface area contributed by atoms with E-state index in [1.54, 1.807) is 0 Å². The van der Waals surface area contributed by atoms with Gasteiger partial charge in [-0.2, -0.15) is 0 Å². The molecule has 1 unspecified atom stereocenters. The fraction of sp³-hybridized carbons (Fsp3) is 0.625. The Bertz CT molecular complexity index is 346. The third-order valence-corrected chi connectivity index (χ3v) is 4.14. The summed E-state index contributed by atoms with van der Waals surface area (Å²) in [6.07, 6.45) is 8.85. The minimum atomic E-state index is -0.438. The van der Waals surface area contributed by atoms with Gasteiger partial charge in [-0.3, -0.25) is 0 Å². The summed E-state index contributed by atoms with van der Waals surface area (Å²) in [5.41, 5.74) is 0.204. The Kier molecular flexibility index (Phi) is 8.27. The fourth-order valence-electron chi connectivity index (χ4n) is 2.20. The molecule has 0 N–H and O–H groups in total. The number of benzene rings is 1. The number of rotatable bonds is 9. The summed E-state index contributed by atoms with van der Waals surface area (Å²) in [5, 5.41) is 0. The van der Waals surface area contributed by atoms with Crippen LogP contribution < -0.4 is 0 Å². The molecule has 0 fully saturated rings. The highest BCUT2D eigenvalue weighted by Gasteiger charge is 2.13. The molecule has 3 heteroatoms. The van der Waals surface area contributed by atoms with E-state index in [1.165, 1.54) is 50.3 Å². The lowest BCUT2D eigenvalue weighted by Crippen LogP contribution is -2.06. The number of hydrogen-bond donors (Lipinski definition) is 0. The van der Waals surface area contributed by atoms with E-state index in [0.29, 0.717) is 6.42 Å². The lowest BCUT2D eigenvalue weighted by Gasteiger charge is -2.11. The lowest BCUT2D eigenvalue weighted by molar-refractivity contribution is 0.540. The summed E-state index contributed by atoms with van der Waals surface area (Å²) in [4.78, 5) is 0.157. The summed E-state index contributed by atoms with van der Waals surface area (Å²) >= 11 is 3.53. The van der Waals surface area contributed by atoms with Gasteiger partial charge >= 0.3 is 0 Å². The summed E-state index contributed by atoms with van der Waals surface area (Å²) in [5.74, 6) is -0.875. The second-order valence-electron chi connectivity index (χ2n) is 5.06. The molecular formula is C16H23BrF2. The molecule has 0 heterocycles. The zero-order valence-electron chi connectivity index (χ0n) is 11.6. The standard InChI is InChI=1S/C16H23BrF2/c1-2-3-4-5-6-7-9-13(17)12-14-15(18)10-8-11-16(14)19/h8,10-11,13H,2-7,9,12H2,1H3. The third kappa shape index (κ3) is 6.51.